The molecule has 0 aromatic rings. The fourth-order valence-electron chi connectivity index (χ4n) is 1.44. The van der Waals surface area contributed by atoms with Crippen molar-refractivity contribution in [2.24, 2.45) is 0 Å². The highest BCUT2D eigenvalue weighted by Gasteiger charge is 2.25. The second-order valence-electron chi connectivity index (χ2n) is 3.56. The van der Waals surface area contributed by atoms with E-state index >= 15 is 0 Å². The van der Waals surface area contributed by atoms with Crippen molar-refractivity contribution in [3.05, 3.63) is 0 Å². The van der Waals surface area contributed by atoms with Crippen molar-refractivity contribution in [1.29, 1.82) is 0 Å². The van der Waals surface area contributed by atoms with Crippen molar-refractivity contribution in [3.63, 3.8) is 0 Å². The third kappa shape index (κ3) is 2.78. The van der Waals surface area contributed by atoms with Crippen LogP contribution in [0.5, 0.6) is 0 Å². The first-order valence-corrected chi connectivity index (χ1v) is 4.82. The van der Waals surface area contributed by atoms with Crippen LogP contribution in [0.15, 0.2) is 0 Å². The maximum Gasteiger partial charge on any atom is 0.237 e. The molecular formula is C9H16N2O3. The summed E-state index contributed by atoms with van der Waals surface area (Å²) in [7, 11) is 0. The lowest BCUT2D eigenvalue weighted by Crippen LogP contribution is -2.49. The SMILES string of the molecule is C[C@@H](O)[C@@H](C=O)NC(=O)[C@@H]1CCCN1. The number of aldehydes is 1. The summed E-state index contributed by atoms with van der Waals surface area (Å²) < 4.78 is 0. The Kier molecular flexibility index (Phi) is 4.03. The minimum Gasteiger partial charge on any atom is -0.391 e. The van der Waals surface area contributed by atoms with Crippen molar-refractivity contribution >= 4 is 12.2 Å². The smallest absolute Gasteiger partial charge is 0.237 e. The van der Waals surface area contributed by atoms with Crippen LogP contribution in [0.4, 0.5) is 0 Å². The van der Waals surface area contributed by atoms with Crippen molar-refractivity contribution < 1.29 is 14.7 Å². The number of hydrogen-bond acceptors (Lipinski definition) is 4. The predicted molar refractivity (Wildman–Crippen MR) is 50.7 cm³/mol. The molecular weight excluding hydrogens is 184 g/mol. The fraction of sp³-hybridized carbons (Fsp3) is 0.778. The Morgan fingerprint density at radius 1 is 1.71 bits per heavy atom. The highest BCUT2D eigenvalue weighted by atomic mass is 16.3. The molecule has 0 aliphatic carbocycles. The molecule has 0 aromatic carbocycles. The van der Waals surface area contributed by atoms with E-state index in [1.165, 1.54) is 6.92 Å². The lowest BCUT2D eigenvalue weighted by atomic mass is 10.1. The first-order chi connectivity index (χ1) is 6.65. The Labute approximate surface area is 82.9 Å². The van der Waals surface area contributed by atoms with Crippen LogP contribution in [0.1, 0.15) is 19.8 Å². The van der Waals surface area contributed by atoms with Gasteiger partial charge in [0.15, 0.2) is 0 Å². The Morgan fingerprint density at radius 3 is 2.86 bits per heavy atom. The van der Waals surface area contributed by atoms with Crippen molar-refractivity contribution in [2.45, 2.75) is 38.0 Å². The maximum atomic E-state index is 11.5. The van der Waals surface area contributed by atoms with E-state index in [2.05, 4.69) is 10.6 Å². The number of amides is 1. The molecule has 14 heavy (non-hydrogen) atoms. The average molecular weight is 200 g/mol. The standard InChI is InChI=1S/C9H16N2O3/c1-6(13)8(5-12)11-9(14)7-3-2-4-10-7/h5-8,10,13H,2-4H2,1H3,(H,11,14)/t6-,7+,8-/m1/s1. The monoisotopic (exact) mass is 200 g/mol. The van der Waals surface area contributed by atoms with Crippen LogP contribution < -0.4 is 10.6 Å². The topological polar surface area (TPSA) is 78.4 Å². The van der Waals surface area contributed by atoms with Crippen LogP contribution in [0.2, 0.25) is 0 Å². The summed E-state index contributed by atoms with van der Waals surface area (Å²) in [5.41, 5.74) is 0. The number of aliphatic hydroxyl groups excluding tert-OH is 1. The van der Waals surface area contributed by atoms with Crippen molar-refractivity contribution in [1.82, 2.24) is 10.6 Å². The van der Waals surface area contributed by atoms with Crippen molar-refractivity contribution in [2.75, 3.05) is 6.54 Å². The maximum absolute atomic E-state index is 11.5. The first kappa shape index (κ1) is 11.1. The van der Waals surface area contributed by atoms with Gasteiger partial charge in [0.2, 0.25) is 5.91 Å². The van der Waals surface area contributed by atoms with Crippen LogP contribution in [0.3, 0.4) is 0 Å². The van der Waals surface area contributed by atoms with E-state index in [1.54, 1.807) is 0 Å². The molecule has 1 amide bonds. The molecule has 80 valence electrons. The van der Waals surface area contributed by atoms with Gasteiger partial charge in [-0.05, 0) is 26.3 Å². The third-order valence-corrected chi connectivity index (χ3v) is 2.35. The highest BCUT2D eigenvalue weighted by Crippen LogP contribution is 2.05. The molecule has 3 N–H and O–H groups in total. The summed E-state index contributed by atoms with van der Waals surface area (Å²) in [6.07, 6.45) is 1.46. The Hall–Kier alpha value is -0.940. The lowest BCUT2D eigenvalue weighted by molar-refractivity contribution is -0.126. The number of aliphatic hydroxyl groups is 1. The third-order valence-electron chi connectivity index (χ3n) is 2.35. The van der Waals surface area contributed by atoms with Gasteiger partial charge in [-0.15, -0.1) is 0 Å². The van der Waals surface area contributed by atoms with Crippen LogP contribution in [0.25, 0.3) is 0 Å². The van der Waals surface area contributed by atoms with E-state index in [1.807, 2.05) is 0 Å². The van der Waals surface area contributed by atoms with Gasteiger partial charge in [0.05, 0.1) is 12.1 Å². The quantitative estimate of drug-likeness (QED) is 0.498. The zero-order chi connectivity index (χ0) is 10.6. The molecule has 1 aliphatic heterocycles. The molecule has 0 spiro atoms. The van der Waals surface area contributed by atoms with Gasteiger partial charge in [0.1, 0.15) is 12.3 Å². The van der Waals surface area contributed by atoms with Gasteiger partial charge in [-0.3, -0.25) is 4.79 Å². The van der Waals surface area contributed by atoms with Gasteiger partial charge < -0.3 is 20.5 Å². The zero-order valence-corrected chi connectivity index (χ0v) is 8.19. The van der Waals surface area contributed by atoms with Gasteiger partial charge in [0, 0.05) is 0 Å². The van der Waals surface area contributed by atoms with Gasteiger partial charge in [-0.1, -0.05) is 0 Å². The summed E-state index contributed by atoms with van der Waals surface area (Å²) in [6, 6.07) is -1.01. The number of carbonyl (C=O) groups is 2. The van der Waals surface area contributed by atoms with Crippen LogP contribution in [0, 0.1) is 0 Å². The molecule has 3 atom stereocenters. The highest BCUT2D eigenvalue weighted by molar-refractivity contribution is 5.84. The molecule has 0 unspecified atom stereocenters. The van der Waals surface area contributed by atoms with Crippen LogP contribution in [-0.4, -0.2) is 42.0 Å². The Morgan fingerprint density at radius 2 is 2.43 bits per heavy atom. The summed E-state index contributed by atoms with van der Waals surface area (Å²) in [5.74, 6) is -0.208. The van der Waals surface area contributed by atoms with Crippen LogP contribution >= 0.6 is 0 Å². The number of hydrogen-bond donors (Lipinski definition) is 3. The minimum absolute atomic E-state index is 0.208. The van der Waals surface area contributed by atoms with Crippen molar-refractivity contribution in [3.8, 4) is 0 Å². The van der Waals surface area contributed by atoms with E-state index < -0.39 is 12.1 Å². The molecule has 0 saturated carbocycles. The minimum atomic E-state index is -0.849. The zero-order valence-electron chi connectivity index (χ0n) is 8.19. The second-order valence-corrected chi connectivity index (χ2v) is 3.56. The molecule has 5 nitrogen and oxygen atoms in total. The molecule has 0 aromatic heterocycles. The van der Waals surface area contributed by atoms with Gasteiger partial charge in [-0.2, -0.15) is 0 Å². The Balaban J connectivity index is 2.41. The Bertz CT molecular complexity index is 212. The molecule has 1 aliphatic rings. The van der Waals surface area contributed by atoms with Gasteiger partial charge in [0.25, 0.3) is 0 Å². The summed E-state index contributed by atoms with van der Waals surface area (Å²) in [5, 5.41) is 14.6. The van der Waals surface area contributed by atoms with E-state index in [-0.39, 0.29) is 11.9 Å². The van der Waals surface area contributed by atoms with E-state index in [0.29, 0.717) is 6.29 Å². The van der Waals surface area contributed by atoms with E-state index in [0.717, 1.165) is 19.4 Å². The summed E-state index contributed by atoms with van der Waals surface area (Å²) in [6.45, 7) is 2.31. The molecule has 1 heterocycles. The summed E-state index contributed by atoms with van der Waals surface area (Å²) in [4.78, 5) is 22.0. The second kappa shape index (κ2) is 5.07. The van der Waals surface area contributed by atoms with E-state index in [4.69, 9.17) is 5.11 Å². The van der Waals surface area contributed by atoms with Crippen LogP contribution in [-0.2, 0) is 9.59 Å². The van der Waals surface area contributed by atoms with Gasteiger partial charge >= 0.3 is 0 Å². The number of carbonyl (C=O) groups excluding carboxylic acids is 2. The molecule has 0 bridgehead atoms. The molecule has 0 radical (unpaired) electrons. The molecule has 1 saturated heterocycles. The lowest BCUT2D eigenvalue weighted by Gasteiger charge is -2.18. The normalized spacial score (nSPS) is 25.4. The molecule has 5 heteroatoms. The largest absolute Gasteiger partial charge is 0.391 e. The average Bonchev–Trinajstić information content (AvgIpc) is 2.65. The van der Waals surface area contributed by atoms with E-state index in [9.17, 15) is 9.59 Å². The number of rotatable bonds is 4. The predicted octanol–water partition coefficient (Wildman–Crippen LogP) is -1.20. The fourth-order valence-corrected chi connectivity index (χ4v) is 1.44. The molecule has 1 rings (SSSR count). The summed E-state index contributed by atoms with van der Waals surface area (Å²) >= 11 is 0. The number of nitrogens with one attached hydrogen (secondary N) is 2. The van der Waals surface area contributed by atoms with Gasteiger partial charge in [-0.25, -0.2) is 0 Å². The molecule has 1 fully saturated rings. The first-order valence-electron chi connectivity index (χ1n) is 4.82.